The van der Waals surface area contributed by atoms with Gasteiger partial charge in [0.25, 0.3) is 0 Å². The molecule has 1 aromatic rings. The summed E-state index contributed by atoms with van der Waals surface area (Å²) in [6.45, 7) is 0.476. The molecule has 2 rings (SSSR count). The highest BCUT2D eigenvalue weighted by Crippen LogP contribution is 2.22. The lowest BCUT2D eigenvalue weighted by atomic mass is 9.96. The van der Waals surface area contributed by atoms with Gasteiger partial charge in [-0.05, 0) is 19.3 Å². The van der Waals surface area contributed by atoms with Crippen LogP contribution in [-0.2, 0) is 4.74 Å². The van der Waals surface area contributed by atoms with Crippen LogP contribution >= 0.6 is 0 Å². The fourth-order valence-corrected chi connectivity index (χ4v) is 1.19. The standard InChI is InChI=1S/C8H13N3O2/c9-7(8-10-5-13-11-8)4-12-6-2-1-3-6/h5-7H,1-4,9H2. The van der Waals surface area contributed by atoms with Gasteiger partial charge in [0.15, 0.2) is 5.82 Å². The van der Waals surface area contributed by atoms with Gasteiger partial charge in [0, 0.05) is 0 Å². The van der Waals surface area contributed by atoms with Crippen molar-refractivity contribution in [3.05, 3.63) is 12.2 Å². The maximum atomic E-state index is 5.76. The van der Waals surface area contributed by atoms with Gasteiger partial charge in [-0.15, -0.1) is 0 Å². The Labute approximate surface area is 76.3 Å². The molecule has 0 spiro atoms. The second-order valence-corrected chi connectivity index (χ2v) is 3.28. The largest absolute Gasteiger partial charge is 0.376 e. The van der Waals surface area contributed by atoms with Crippen molar-refractivity contribution in [1.29, 1.82) is 0 Å². The average molecular weight is 183 g/mol. The van der Waals surface area contributed by atoms with Gasteiger partial charge < -0.3 is 15.0 Å². The van der Waals surface area contributed by atoms with E-state index in [1.165, 1.54) is 12.8 Å². The van der Waals surface area contributed by atoms with Crippen molar-refractivity contribution in [2.75, 3.05) is 6.61 Å². The van der Waals surface area contributed by atoms with Crippen LogP contribution in [0.1, 0.15) is 31.1 Å². The van der Waals surface area contributed by atoms with Gasteiger partial charge in [0.1, 0.15) is 0 Å². The van der Waals surface area contributed by atoms with E-state index in [0.29, 0.717) is 18.5 Å². The normalized spacial score (nSPS) is 19.8. The Balaban J connectivity index is 1.74. The molecule has 2 N–H and O–H groups in total. The molecular formula is C8H13N3O2. The molecule has 1 heterocycles. The van der Waals surface area contributed by atoms with Crippen LogP contribution in [0.5, 0.6) is 0 Å². The van der Waals surface area contributed by atoms with E-state index < -0.39 is 0 Å². The lowest BCUT2D eigenvalue weighted by Crippen LogP contribution is -2.27. The van der Waals surface area contributed by atoms with Gasteiger partial charge >= 0.3 is 0 Å². The summed E-state index contributed by atoms with van der Waals surface area (Å²) in [5, 5.41) is 3.65. The minimum absolute atomic E-state index is 0.264. The highest BCUT2D eigenvalue weighted by atomic mass is 16.5. The van der Waals surface area contributed by atoms with Crippen LogP contribution in [0.25, 0.3) is 0 Å². The molecule has 1 aliphatic rings. The average Bonchev–Trinajstić information content (AvgIpc) is 2.52. The number of rotatable bonds is 4. The number of ether oxygens (including phenoxy) is 1. The van der Waals surface area contributed by atoms with Crippen molar-refractivity contribution in [3.8, 4) is 0 Å². The van der Waals surface area contributed by atoms with Crippen molar-refractivity contribution in [1.82, 2.24) is 10.1 Å². The Kier molecular flexibility index (Phi) is 2.56. The van der Waals surface area contributed by atoms with Crippen LogP contribution in [0.3, 0.4) is 0 Å². The summed E-state index contributed by atoms with van der Waals surface area (Å²) >= 11 is 0. The molecule has 5 heteroatoms. The number of hydrogen-bond donors (Lipinski definition) is 1. The van der Waals surface area contributed by atoms with E-state index in [-0.39, 0.29) is 6.04 Å². The Morgan fingerprint density at radius 1 is 1.69 bits per heavy atom. The van der Waals surface area contributed by atoms with E-state index in [2.05, 4.69) is 14.7 Å². The van der Waals surface area contributed by atoms with E-state index in [1.54, 1.807) is 0 Å². The van der Waals surface area contributed by atoms with Crippen LogP contribution < -0.4 is 5.73 Å². The van der Waals surface area contributed by atoms with Crippen LogP contribution in [-0.4, -0.2) is 22.9 Å². The summed E-state index contributed by atoms with van der Waals surface area (Å²) in [6, 6.07) is -0.264. The molecule has 1 fully saturated rings. The predicted molar refractivity (Wildman–Crippen MR) is 44.8 cm³/mol. The monoisotopic (exact) mass is 183 g/mol. The van der Waals surface area contributed by atoms with Gasteiger partial charge in [0.05, 0.1) is 18.8 Å². The molecule has 0 aliphatic heterocycles. The van der Waals surface area contributed by atoms with Gasteiger partial charge in [0.2, 0.25) is 6.39 Å². The summed E-state index contributed by atoms with van der Waals surface area (Å²) in [5.74, 6) is 0.513. The number of hydrogen-bond acceptors (Lipinski definition) is 5. The van der Waals surface area contributed by atoms with Crippen LogP contribution in [0, 0.1) is 0 Å². The number of nitrogens with zero attached hydrogens (tertiary/aromatic N) is 2. The third-order valence-corrected chi connectivity index (χ3v) is 2.27. The summed E-state index contributed by atoms with van der Waals surface area (Å²) in [6.07, 6.45) is 5.25. The molecule has 13 heavy (non-hydrogen) atoms. The summed E-state index contributed by atoms with van der Waals surface area (Å²) in [7, 11) is 0. The third kappa shape index (κ3) is 2.05. The first-order valence-electron chi connectivity index (χ1n) is 4.49. The highest BCUT2D eigenvalue weighted by molar-refractivity contribution is 4.87. The van der Waals surface area contributed by atoms with Crippen molar-refractivity contribution < 1.29 is 9.26 Å². The minimum atomic E-state index is -0.264. The fourth-order valence-electron chi connectivity index (χ4n) is 1.19. The SMILES string of the molecule is NC(COC1CCC1)c1ncon1. The lowest BCUT2D eigenvalue weighted by molar-refractivity contribution is -0.00549. The zero-order chi connectivity index (χ0) is 9.10. The smallest absolute Gasteiger partial charge is 0.213 e. The first kappa shape index (κ1) is 8.65. The summed E-state index contributed by atoms with van der Waals surface area (Å²) < 4.78 is 10.1. The molecular weight excluding hydrogens is 170 g/mol. The second kappa shape index (κ2) is 3.85. The summed E-state index contributed by atoms with van der Waals surface area (Å²) in [5.41, 5.74) is 5.76. The van der Waals surface area contributed by atoms with Gasteiger partial charge in [-0.2, -0.15) is 4.98 Å². The Morgan fingerprint density at radius 2 is 2.54 bits per heavy atom. The van der Waals surface area contributed by atoms with Crippen LogP contribution in [0.2, 0.25) is 0 Å². The molecule has 0 amide bonds. The zero-order valence-electron chi connectivity index (χ0n) is 7.35. The molecule has 1 unspecified atom stereocenters. The molecule has 1 aliphatic carbocycles. The first-order chi connectivity index (χ1) is 6.36. The van der Waals surface area contributed by atoms with Gasteiger partial charge in [-0.3, -0.25) is 0 Å². The molecule has 0 aromatic carbocycles. The van der Waals surface area contributed by atoms with Crippen molar-refractivity contribution in [2.45, 2.75) is 31.4 Å². The quantitative estimate of drug-likeness (QED) is 0.741. The zero-order valence-corrected chi connectivity index (χ0v) is 7.35. The van der Waals surface area contributed by atoms with E-state index in [9.17, 15) is 0 Å². The summed E-state index contributed by atoms with van der Waals surface area (Å²) in [4.78, 5) is 3.86. The maximum absolute atomic E-state index is 5.76. The molecule has 1 atom stereocenters. The molecule has 5 nitrogen and oxygen atoms in total. The molecule has 1 aromatic heterocycles. The van der Waals surface area contributed by atoms with E-state index in [0.717, 1.165) is 12.8 Å². The molecule has 0 bridgehead atoms. The maximum Gasteiger partial charge on any atom is 0.213 e. The van der Waals surface area contributed by atoms with E-state index in [1.807, 2.05) is 0 Å². The minimum Gasteiger partial charge on any atom is -0.376 e. The van der Waals surface area contributed by atoms with Crippen molar-refractivity contribution in [2.24, 2.45) is 5.73 Å². The topological polar surface area (TPSA) is 74.2 Å². The predicted octanol–water partition coefficient (Wildman–Crippen LogP) is 0.638. The molecule has 0 radical (unpaired) electrons. The Morgan fingerprint density at radius 3 is 3.08 bits per heavy atom. The Hall–Kier alpha value is -0.940. The Bertz CT molecular complexity index is 246. The van der Waals surface area contributed by atoms with Crippen molar-refractivity contribution in [3.63, 3.8) is 0 Å². The fraction of sp³-hybridized carbons (Fsp3) is 0.750. The highest BCUT2D eigenvalue weighted by Gasteiger charge is 2.20. The van der Waals surface area contributed by atoms with Crippen LogP contribution in [0.15, 0.2) is 10.9 Å². The lowest BCUT2D eigenvalue weighted by Gasteiger charge is -2.26. The van der Waals surface area contributed by atoms with Gasteiger partial charge in [-0.25, -0.2) is 0 Å². The van der Waals surface area contributed by atoms with E-state index in [4.69, 9.17) is 10.5 Å². The van der Waals surface area contributed by atoms with Gasteiger partial charge in [-0.1, -0.05) is 5.16 Å². The van der Waals surface area contributed by atoms with Crippen LogP contribution in [0.4, 0.5) is 0 Å². The number of nitrogens with two attached hydrogens (primary N) is 1. The molecule has 0 saturated heterocycles. The van der Waals surface area contributed by atoms with E-state index >= 15 is 0 Å². The molecule has 72 valence electrons. The number of aromatic nitrogens is 2. The van der Waals surface area contributed by atoms with Crippen molar-refractivity contribution >= 4 is 0 Å². The molecule has 1 saturated carbocycles. The first-order valence-corrected chi connectivity index (χ1v) is 4.49. The second-order valence-electron chi connectivity index (χ2n) is 3.28. The third-order valence-electron chi connectivity index (χ3n) is 2.27.